The monoisotopic (exact) mass is 339 g/mol. The third kappa shape index (κ3) is 3.11. The van der Waals surface area contributed by atoms with Crippen LogP contribution in [-0.2, 0) is 6.42 Å². The molecule has 0 saturated heterocycles. The number of nitrogen functional groups attached to an aromatic ring is 1. The fourth-order valence-electron chi connectivity index (χ4n) is 2.30. The topological polar surface area (TPSA) is 51.8 Å². The van der Waals surface area contributed by atoms with Crippen molar-refractivity contribution in [1.82, 2.24) is 9.97 Å². The molecule has 3 aromatic rings. The summed E-state index contributed by atoms with van der Waals surface area (Å²) in [5, 5.41) is 0. The van der Waals surface area contributed by atoms with E-state index in [1.54, 1.807) is 6.20 Å². The summed E-state index contributed by atoms with van der Waals surface area (Å²) < 4.78 is 0.698. The fourth-order valence-corrected chi connectivity index (χ4v) is 2.61. The van der Waals surface area contributed by atoms with Crippen molar-refractivity contribution in [1.29, 1.82) is 0 Å². The Kier molecular flexibility index (Phi) is 3.97. The van der Waals surface area contributed by atoms with Crippen LogP contribution >= 0.6 is 15.9 Å². The predicted octanol–water partition coefficient (Wildman–Crippen LogP) is 4.08. The van der Waals surface area contributed by atoms with E-state index in [2.05, 4.69) is 50.2 Å². The van der Waals surface area contributed by atoms with Crippen molar-refractivity contribution >= 4 is 21.7 Å². The Labute approximate surface area is 132 Å². The SMILES string of the molecule is Nc1ncc(Br)nc1Cc1ccccc1-c1ccccc1. The Morgan fingerprint density at radius 2 is 1.67 bits per heavy atom. The zero-order valence-electron chi connectivity index (χ0n) is 11.3. The number of halogens is 1. The van der Waals surface area contributed by atoms with Gasteiger partial charge in [0.15, 0.2) is 0 Å². The van der Waals surface area contributed by atoms with E-state index in [0.29, 0.717) is 16.8 Å². The van der Waals surface area contributed by atoms with E-state index in [1.807, 2.05) is 30.3 Å². The normalized spacial score (nSPS) is 10.5. The van der Waals surface area contributed by atoms with E-state index in [4.69, 9.17) is 5.73 Å². The number of hydrogen-bond acceptors (Lipinski definition) is 3. The number of hydrogen-bond donors (Lipinski definition) is 1. The van der Waals surface area contributed by atoms with Crippen molar-refractivity contribution < 1.29 is 0 Å². The van der Waals surface area contributed by atoms with Gasteiger partial charge in [-0.3, -0.25) is 0 Å². The van der Waals surface area contributed by atoms with Crippen molar-refractivity contribution in [2.24, 2.45) is 0 Å². The minimum absolute atomic E-state index is 0.473. The molecule has 0 amide bonds. The van der Waals surface area contributed by atoms with Crippen LogP contribution in [0.1, 0.15) is 11.3 Å². The zero-order chi connectivity index (χ0) is 14.7. The number of rotatable bonds is 3. The molecule has 0 unspecified atom stereocenters. The fraction of sp³-hybridized carbons (Fsp3) is 0.0588. The second-order valence-corrected chi connectivity index (χ2v) is 5.54. The highest BCUT2D eigenvalue weighted by molar-refractivity contribution is 9.10. The van der Waals surface area contributed by atoms with Crippen LogP contribution in [0.4, 0.5) is 5.82 Å². The Bertz CT molecular complexity index is 757. The van der Waals surface area contributed by atoms with Crippen LogP contribution in [0.2, 0.25) is 0 Å². The third-order valence-corrected chi connectivity index (χ3v) is 3.69. The summed E-state index contributed by atoms with van der Waals surface area (Å²) in [5.41, 5.74) is 10.3. The average molecular weight is 340 g/mol. The Morgan fingerprint density at radius 1 is 0.952 bits per heavy atom. The Hall–Kier alpha value is -2.20. The second kappa shape index (κ2) is 6.06. The summed E-state index contributed by atoms with van der Waals surface area (Å²) in [5.74, 6) is 0.473. The van der Waals surface area contributed by atoms with Gasteiger partial charge >= 0.3 is 0 Å². The van der Waals surface area contributed by atoms with Crippen molar-refractivity contribution in [2.45, 2.75) is 6.42 Å². The van der Waals surface area contributed by atoms with E-state index >= 15 is 0 Å². The lowest BCUT2D eigenvalue weighted by Gasteiger charge is -2.10. The number of anilines is 1. The molecule has 104 valence electrons. The summed E-state index contributed by atoms with van der Waals surface area (Å²) in [6.07, 6.45) is 2.27. The zero-order valence-corrected chi connectivity index (χ0v) is 12.9. The molecule has 0 bridgehead atoms. The van der Waals surface area contributed by atoms with Gasteiger partial charge in [-0.1, -0.05) is 54.6 Å². The van der Waals surface area contributed by atoms with E-state index in [9.17, 15) is 0 Å². The largest absolute Gasteiger partial charge is 0.382 e. The molecule has 0 radical (unpaired) electrons. The van der Waals surface area contributed by atoms with Crippen LogP contribution < -0.4 is 5.73 Å². The van der Waals surface area contributed by atoms with Gasteiger partial charge in [-0.15, -0.1) is 0 Å². The maximum absolute atomic E-state index is 5.93. The minimum Gasteiger partial charge on any atom is -0.382 e. The first-order chi connectivity index (χ1) is 10.2. The standard InChI is InChI=1S/C17H14BrN3/c18-16-11-20-17(19)15(21-16)10-13-8-4-5-9-14(13)12-6-2-1-3-7-12/h1-9,11H,10H2,(H2,19,20). The predicted molar refractivity (Wildman–Crippen MR) is 88.8 cm³/mol. The van der Waals surface area contributed by atoms with Gasteiger partial charge in [0.05, 0.1) is 11.9 Å². The first kappa shape index (κ1) is 13.8. The van der Waals surface area contributed by atoms with Gasteiger partial charge in [-0.25, -0.2) is 9.97 Å². The van der Waals surface area contributed by atoms with Crippen LogP contribution in [0.15, 0.2) is 65.4 Å². The average Bonchev–Trinajstić information content (AvgIpc) is 2.52. The first-order valence-electron chi connectivity index (χ1n) is 6.64. The quantitative estimate of drug-likeness (QED) is 0.782. The van der Waals surface area contributed by atoms with Crippen LogP contribution in [0, 0.1) is 0 Å². The molecule has 2 N–H and O–H groups in total. The molecule has 1 aromatic heterocycles. The summed E-state index contributed by atoms with van der Waals surface area (Å²) in [4.78, 5) is 8.58. The van der Waals surface area contributed by atoms with Crippen molar-refractivity contribution in [3.05, 3.63) is 76.7 Å². The molecule has 0 fully saturated rings. The highest BCUT2D eigenvalue weighted by atomic mass is 79.9. The molecule has 4 heteroatoms. The van der Waals surface area contributed by atoms with Gasteiger partial charge < -0.3 is 5.73 Å². The molecular weight excluding hydrogens is 326 g/mol. The lowest BCUT2D eigenvalue weighted by molar-refractivity contribution is 1.02. The molecule has 0 spiro atoms. The molecule has 3 nitrogen and oxygen atoms in total. The van der Waals surface area contributed by atoms with Crippen molar-refractivity contribution in [3.8, 4) is 11.1 Å². The Balaban J connectivity index is 2.02. The first-order valence-corrected chi connectivity index (χ1v) is 7.43. The minimum atomic E-state index is 0.473. The van der Waals surface area contributed by atoms with E-state index in [0.717, 1.165) is 5.69 Å². The van der Waals surface area contributed by atoms with E-state index < -0.39 is 0 Å². The molecule has 0 aliphatic heterocycles. The maximum atomic E-state index is 5.93. The molecule has 0 atom stereocenters. The second-order valence-electron chi connectivity index (χ2n) is 4.72. The Morgan fingerprint density at radius 3 is 2.48 bits per heavy atom. The van der Waals surface area contributed by atoms with Gasteiger partial charge in [0.25, 0.3) is 0 Å². The third-order valence-electron chi connectivity index (χ3n) is 3.31. The molecule has 0 saturated carbocycles. The molecule has 3 rings (SSSR count). The highest BCUT2D eigenvalue weighted by Crippen LogP contribution is 2.26. The summed E-state index contributed by atoms with van der Waals surface area (Å²) in [7, 11) is 0. The van der Waals surface area contributed by atoms with Gasteiger partial charge in [-0.05, 0) is 32.6 Å². The maximum Gasteiger partial charge on any atom is 0.145 e. The van der Waals surface area contributed by atoms with E-state index in [1.165, 1.54) is 16.7 Å². The molecule has 1 heterocycles. The van der Waals surface area contributed by atoms with Crippen molar-refractivity contribution in [2.75, 3.05) is 5.73 Å². The number of nitrogens with zero attached hydrogens (tertiary/aromatic N) is 2. The molecule has 0 aliphatic rings. The van der Waals surface area contributed by atoms with Gasteiger partial charge in [0.2, 0.25) is 0 Å². The summed E-state index contributed by atoms with van der Waals surface area (Å²) in [6, 6.07) is 18.6. The van der Waals surface area contributed by atoms with Gasteiger partial charge in [-0.2, -0.15) is 0 Å². The van der Waals surface area contributed by atoms with Crippen LogP contribution in [0.3, 0.4) is 0 Å². The van der Waals surface area contributed by atoms with Crippen molar-refractivity contribution in [3.63, 3.8) is 0 Å². The highest BCUT2D eigenvalue weighted by Gasteiger charge is 2.09. The summed E-state index contributed by atoms with van der Waals surface area (Å²) in [6.45, 7) is 0. The van der Waals surface area contributed by atoms with Crippen LogP contribution in [0.5, 0.6) is 0 Å². The number of aromatic nitrogens is 2. The molecule has 2 aromatic carbocycles. The van der Waals surface area contributed by atoms with Crippen LogP contribution in [-0.4, -0.2) is 9.97 Å². The van der Waals surface area contributed by atoms with Gasteiger partial charge in [0, 0.05) is 6.42 Å². The lowest BCUT2D eigenvalue weighted by atomic mass is 9.97. The summed E-state index contributed by atoms with van der Waals surface area (Å²) >= 11 is 3.34. The molecule has 21 heavy (non-hydrogen) atoms. The van der Waals surface area contributed by atoms with Crippen LogP contribution in [0.25, 0.3) is 11.1 Å². The lowest BCUT2D eigenvalue weighted by Crippen LogP contribution is -2.03. The molecule has 0 aliphatic carbocycles. The smallest absolute Gasteiger partial charge is 0.145 e. The number of benzene rings is 2. The number of nitrogens with two attached hydrogens (primary N) is 1. The molecular formula is C17H14BrN3. The van der Waals surface area contributed by atoms with Gasteiger partial charge in [0.1, 0.15) is 10.4 Å². The van der Waals surface area contributed by atoms with E-state index in [-0.39, 0.29) is 0 Å².